The van der Waals surface area contributed by atoms with Crippen molar-refractivity contribution in [2.75, 3.05) is 31.1 Å². The minimum absolute atomic E-state index is 0.486. The molecule has 0 amide bonds. The van der Waals surface area contributed by atoms with E-state index in [4.69, 9.17) is 0 Å². The summed E-state index contributed by atoms with van der Waals surface area (Å²) in [5, 5.41) is 9.12. The molecule has 0 saturated carbocycles. The Morgan fingerprint density at radius 1 is 1.00 bits per heavy atom. The molecule has 2 aromatic heterocycles. The van der Waals surface area contributed by atoms with E-state index in [0.717, 1.165) is 50.8 Å². The summed E-state index contributed by atoms with van der Waals surface area (Å²) >= 11 is 0. The number of piperidine rings is 1. The van der Waals surface area contributed by atoms with Crippen LogP contribution >= 0.6 is 0 Å². The van der Waals surface area contributed by atoms with Crippen LogP contribution in [0.15, 0.2) is 18.5 Å². The molecule has 0 N–H and O–H groups in total. The largest absolute Gasteiger partial charge is 0.341 e. The minimum atomic E-state index is 0.486. The van der Waals surface area contributed by atoms with Crippen molar-refractivity contribution in [3.8, 4) is 0 Å². The van der Waals surface area contributed by atoms with E-state index in [1.165, 1.54) is 31.8 Å². The van der Waals surface area contributed by atoms with Gasteiger partial charge in [0.25, 0.3) is 0 Å². The second-order valence-electron chi connectivity index (χ2n) is 7.01. The summed E-state index contributed by atoms with van der Waals surface area (Å²) in [4.78, 5) is 13.5. The quantitative estimate of drug-likeness (QED) is 0.830. The van der Waals surface area contributed by atoms with Crippen LogP contribution in [0.4, 0.5) is 5.95 Å². The molecule has 4 heterocycles. The molecule has 2 aliphatic rings. The van der Waals surface area contributed by atoms with Crippen LogP contribution in [0.2, 0.25) is 0 Å². The molecule has 7 nitrogen and oxygen atoms in total. The third-order valence-corrected chi connectivity index (χ3v) is 5.43. The molecule has 25 heavy (non-hydrogen) atoms. The number of hydrogen-bond donors (Lipinski definition) is 0. The second-order valence-corrected chi connectivity index (χ2v) is 7.01. The van der Waals surface area contributed by atoms with E-state index in [9.17, 15) is 0 Å². The Hall–Kier alpha value is -2.02. The Morgan fingerprint density at radius 2 is 1.72 bits per heavy atom. The molecule has 4 rings (SSSR count). The molecule has 0 aliphatic carbocycles. The van der Waals surface area contributed by atoms with Crippen LogP contribution in [0.3, 0.4) is 0 Å². The van der Waals surface area contributed by atoms with E-state index in [-0.39, 0.29) is 0 Å². The van der Waals surface area contributed by atoms with E-state index in [2.05, 4.69) is 41.5 Å². The van der Waals surface area contributed by atoms with Gasteiger partial charge >= 0.3 is 0 Å². The molecule has 2 aromatic rings. The number of hydrogen-bond acceptors (Lipinski definition) is 6. The van der Waals surface area contributed by atoms with E-state index < -0.39 is 0 Å². The normalized spacial score (nSPS) is 19.6. The maximum atomic E-state index is 4.59. The lowest BCUT2D eigenvalue weighted by atomic mass is 9.96. The van der Waals surface area contributed by atoms with Crippen molar-refractivity contribution in [1.82, 2.24) is 29.6 Å². The van der Waals surface area contributed by atoms with Crippen molar-refractivity contribution < 1.29 is 0 Å². The van der Waals surface area contributed by atoms with E-state index in [1.807, 2.05) is 18.5 Å². The maximum Gasteiger partial charge on any atom is 0.225 e. The van der Waals surface area contributed by atoms with Gasteiger partial charge in [0.05, 0.1) is 6.54 Å². The molecule has 0 bridgehead atoms. The Labute approximate surface area is 149 Å². The van der Waals surface area contributed by atoms with Crippen LogP contribution < -0.4 is 4.90 Å². The molecule has 0 atom stereocenters. The first-order chi connectivity index (χ1) is 12.3. The minimum Gasteiger partial charge on any atom is -0.341 e. The molecule has 0 spiro atoms. The predicted octanol–water partition coefficient (Wildman–Crippen LogP) is 2.07. The van der Waals surface area contributed by atoms with Crippen molar-refractivity contribution in [2.24, 2.45) is 0 Å². The fourth-order valence-electron chi connectivity index (χ4n) is 4.05. The highest BCUT2D eigenvalue weighted by Gasteiger charge is 2.27. The highest BCUT2D eigenvalue weighted by Crippen LogP contribution is 2.29. The number of rotatable bonds is 5. The zero-order chi connectivity index (χ0) is 17.1. The molecule has 0 aromatic carbocycles. The van der Waals surface area contributed by atoms with Crippen molar-refractivity contribution >= 4 is 5.95 Å². The Balaban J connectivity index is 1.43. The van der Waals surface area contributed by atoms with Gasteiger partial charge in [-0.2, -0.15) is 0 Å². The summed E-state index contributed by atoms with van der Waals surface area (Å²) in [5.74, 6) is 3.63. The number of anilines is 1. The van der Waals surface area contributed by atoms with Gasteiger partial charge in [0.2, 0.25) is 5.95 Å². The molecule has 134 valence electrons. The molecule has 2 aliphatic heterocycles. The number of nitrogens with zero attached hydrogens (tertiary/aromatic N) is 7. The Bertz CT molecular complexity index is 670. The zero-order valence-corrected chi connectivity index (χ0v) is 15.0. The van der Waals surface area contributed by atoms with Crippen molar-refractivity contribution in [3.05, 3.63) is 30.1 Å². The first-order valence-corrected chi connectivity index (χ1v) is 9.51. The number of aromatic nitrogens is 5. The summed E-state index contributed by atoms with van der Waals surface area (Å²) in [6, 6.07) is 1.86. The molecule has 0 unspecified atom stereocenters. The number of likely N-dealkylation sites (tertiary alicyclic amines) is 1. The van der Waals surface area contributed by atoms with Crippen LogP contribution in [0, 0.1) is 0 Å². The van der Waals surface area contributed by atoms with E-state index in [1.54, 1.807) is 0 Å². The fraction of sp³-hybridized carbons (Fsp3) is 0.667. The average molecular weight is 341 g/mol. The van der Waals surface area contributed by atoms with Crippen LogP contribution in [0.5, 0.6) is 0 Å². The van der Waals surface area contributed by atoms with Crippen LogP contribution in [-0.2, 0) is 13.1 Å². The van der Waals surface area contributed by atoms with E-state index >= 15 is 0 Å². The summed E-state index contributed by atoms with van der Waals surface area (Å²) < 4.78 is 2.34. The molecule has 2 saturated heterocycles. The first-order valence-electron chi connectivity index (χ1n) is 9.51. The standard InChI is InChI=1S/C18H27N7/c1-2-25-16(14-23-10-3-4-11-23)21-22-17(25)15-6-12-24(13-7-15)18-19-8-5-9-20-18/h5,8-9,15H,2-4,6-7,10-14H2,1H3. The van der Waals surface area contributed by atoms with Crippen molar-refractivity contribution in [2.45, 2.75) is 51.6 Å². The summed E-state index contributed by atoms with van der Waals surface area (Å²) in [5.41, 5.74) is 0. The van der Waals surface area contributed by atoms with E-state index in [0.29, 0.717) is 5.92 Å². The third kappa shape index (κ3) is 3.51. The lowest BCUT2D eigenvalue weighted by Crippen LogP contribution is -2.35. The summed E-state index contributed by atoms with van der Waals surface area (Å²) in [7, 11) is 0. The van der Waals surface area contributed by atoms with Crippen LogP contribution in [0.25, 0.3) is 0 Å². The fourth-order valence-corrected chi connectivity index (χ4v) is 4.05. The Kier molecular flexibility index (Phi) is 4.92. The van der Waals surface area contributed by atoms with Gasteiger partial charge in [-0.1, -0.05) is 0 Å². The topological polar surface area (TPSA) is 63.0 Å². The summed E-state index contributed by atoms with van der Waals surface area (Å²) in [6.45, 7) is 8.44. The van der Waals surface area contributed by atoms with Gasteiger partial charge in [0, 0.05) is 37.9 Å². The van der Waals surface area contributed by atoms with Crippen LogP contribution in [-0.4, -0.2) is 55.8 Å². The van der Waals surface area contributed by atoms with Crippen molar-refractivity contribution in [1.29, 1.82) is 0 Å². The van der Waals surface area contributed by atoms with Crippen molar-refractivity contribution in [3.63, 3.8) is 0 Å². The molecular weight excluding hydrogens is 314 g/mol. The maximum absolute atomic E-state index is 4.59. The first kappa shape index (κ1) is 16.4. The van der Waals surface area contributed by atoms with Gasteiger partial charge in [-0.15, -0.1) is 10.2 Å². The average Bonchev–Trinajstić information content (AvgIpc) is 3.32. The summed E-state index contributed by atoms with van der Waals surface area (Å²) in [6.07, 6.45) is 8.42. The SMILES string of the molecule is CCn1c(CN2CCCC2)nnc1C1CCN(c2ncccn2)CC1. The molecule has 2 fully saturated rings. The van der Waals surface area contributed by atoms with Gasteiger partial charge in [0.15, 0.2) is 0 Å². The smallest absolute Gasteiger partial charge is 0.225 e. The third-order valence-electron chi connectivity index (χ3n) is 5.43. The highest BCUT2D eigenvalue weighted by molar-refractivity contribution is 5.29. The van der Waals surface area contributed by atoms with Gasteiger partial charge in [-0.05, 0) is 51.8 Å². The second kappa shape index (κ2) is 7.47. The predicted molar refractivity (Wildman–Crippen MR) is 96.4 cm³/mol. The van der Waals surface area contributed by atoms with Gasteiger partial charge in [0.1, 0.15) is 11.6 Å². The molecular formula is C18H27N7. The van der Waals surface area contributed by atoms with Gasteiger partial charge < -0.3 is 9.47 Å². The monoisotopic (exact) mass is 341 g/mol. The Morgan fingerprint density at radius 3 is 2.40 bits per heavy atom. The molecule has 7 heteroatoms. The lowest BCUT2D eigenvalue weighted by Gasteiger charge is -2.31. The van der Waals surface area contributed by atoms with Crippen LogP contribution in [0.1, 0.15) is 50.2 Å². The highest BCUT2D eigenvalue weighted by atomic mass is 15.3. The molecule has 0 radical (unpaired) electrons. The van der Waals surface area contributed by atoms with Gasteiger partial charge in [-0.3, -0.25) is 4.90 Å². The van der Waals surface area contributed by atoms with Gasteiger partial charge in [-0.25, -0.2) is 9.97 Å². The lowest BCUT2D eigenvalue weighted by molar-refractivity contribution is 0.315. The zero-order valence-electron chi connectivity index (χ0n) is 15.0.